The maximum atomic E-state index is 12.5. The molecule has 2 aromatic rings. The van der Waals surface area contributed by atoms with Gasteiger partial charge in [0.15, 0.2) is 0 Å². The third-order valence-electron chi connectivity index (χ3n) is 3.57. The van der Waals surface area contributed by atoms with Crippen LogP contribution >= 0.6 is 46.6 Å². The summed E-state index contributed by atoms with van der Waals surface area (Å²) >= 11 is 18.6. The van der Waals surface area contributed by atoms with Gasteiger partial charge in [0.05, 0.1) is 15.0 Å². The Kier molecular flexibility index (Phi) is 6.11. The summed E-state index contributed by atoms with van der Waals surface area (Å²) in [4.78, 5) is 37.8. The van der Waals surface area contributed by atoms with E-state index in [4.69, 9.17) is 34.8 Å². The van der Waals surface area contributed by atoms with E-state index in [1.54, 1.807) is 42.5 Å². The van der Waals surface area contributed by atoms with Crippen LogP contribution in [0.2, 0.25) is 15.1 Å². The Balaban J connectivity index is 1.72. The lowest BCUT2D eigenvalue weighted by molar-refractivity contribution is -0.127. The molecule has 1 aliphatic rings. The van der Waals surface area contributed by atoms with Gasteiger partial charge < -0.3 is 5.32 Å². The van der Waals surface area contributed by atoms with Crippen LogP contribution in [0, 0.1) is 0 Å². The van der Waals surface area contributed by atoms with Gasteiger partial charge in [-0.25, -0.2) is 0 Å². The van der Waals surface area contributed by atoms with E-state index in [9.17, 15) is 14.4 Å². The standard InChI is InChI=1S/C18H11Cl3N2O3S/c19-11-4-6-12(7-5-11)22-15(24)9-23-17(25)14(27-18(23)26)8-10-2-1-3-13(20)16(10)21/h1-8H,9H2,(H,22,24)/b14-8+. The maximum Gasteiger partial charge on any atom is 0.294 e. The lowest BCUT2D eigenvalue weighted by Crippen LogP contribution is -2.36. The van der Waals surface area contributed by atoms with Gasteiger partial charge in [0.25, 0.3) is 11.1 Å². The molecule has 2 aromatic carbocycles. The normalized spacial score (nSPS) is 15.5. The SMILES string of the molecule is O=C(CN1C(=O)S/C(=C/c2cccc(Cl)c2Cl)C1=O)Nc1ccc(Cl)cc1. The van der Waals surface area contributed by atoms with Gasteiger partial charge in [-0.2, -0.15) is 0 Å². The molecule has 1 N–H and O–H groups in total. The highest BCUT2D eigenvalue weighted by Crippen LogP contribution is 2.34. The lowest BCUT2D eigenvalue weighted by atomic mass is 10.2. The average Bonchev–Trinajstić information content (AvgIpc) is 2.88. The predicted octanol–water partition coefficient (Wildman–Crippen LogP) is 5.32. The van der Waals surface area contributed by atoms with E-state index >= 15 is 0 Å². The largest absolute Gasteiger partial charge is 0.325 e. The van der Waals surface area contributed by atoms with Crippen LogP contribution in [0.5, 0.6) is 0 Å². The maximum absolute atomic E-state index is 12.5. The second-order valence-electron chi connectivity index (χ2n) is 5.47. The number of nitrogens with zero attached hydrogens (tertiary/aromatic N) is 1. The number of thioether (sulfide) groups is 1. The number of carbonyl (C=O) groups excluding carboxylic acids is 3. The van der Waals surface area contributed by atoms with Crippen LogP contribution in [-0.4, -0.2) is 28.5 Å². The molecule has 1 aliphatic heterocycles. The minimum atomic E-state index is -0.563. The minimum Gasteiger partial charge on any atom is -0.325 e. The van der Waals surface area contributed by atoms with Gasteiger partial charge in [-0.15, -0.1) is 0 Å². The second-order valence-corrected chi connectivity index (χ2v) is 7.68. The molecule has 3 rings (SSSR count). The van der Waals surface area contributed by atoms with E-state index in [1.165, 1.54) is 6.08 Å². The zero-order chi connectivity index (χ0) is 19.6. The van der Waals surface area contributed by atoms with E-state index in [2.05, 4.69) is 5.32 Å². The molecule has 3 amide bonds. The number of carbonyl (C=O) groups is 3. The Bertz CT molecular complexity index is 961. The monoisotopic (exact) mass is 440 g/mol. The number of imide groups is 1. The average molecular weight is 442 g/mol. The van der Waals surface area contributed by atoms with Crippen molar-refractivity contribution in [1.82, 2.24) is 4.90 Å². The number of nitrogens with one attached hydrogen (secondary N) is 1. The number of rotatable bonds is 4. The first kappa shape index (κ1) is 19.8. The van der Waals surface area contributed by atoms with Crippen LogP contribution in [0.25, 0.3) is 6.08 Å². The minimum absolute atomic E-state index is 0.170. The zero-order valence-corrected chi connectivity index (χ0v) is 16.6. The van der Waals surface area contributed by atoms with Crippen LogP contribution in [0.3, 0.4) is 0 Å². The van der Waals surface area contributed by atoms with Crippen LogP contribution in [-0.2, 0) is 9.59 Å². The zero-order valence-electron chi connectivity index (χ0n) is 13.5. The van der Waals surface area contributed by atoms with Crippen molar-refractivity contribution in [2.75, 3.05) is 11.9 Å². The molecule has 5 nitrogen and oxygen atoms in total. The van der Waals surface area contributed by atoms with Crippen molar-refractivity contribution in [3.05, 3.63) is 68.0 Å². The van der Waals surface area contributed by atoms with Crippen LogP contribution in [0.15, 0.2) is 47.4 Å². The number of halogens is 3. The van der Waals surface area contributed by atoms with E-state index < -0.39 is 23.6 Å². The van der Waals surface area contributed by atoms with Crippen molar-refractivity contribution >= 4 is 75.4 Å². The Morgan fingerprint density at radius 2 is 1.78 bits per heavy atom. The number of benzene rings is 2. The van der Waals surface area contributed by atoms with Gasteiger partial charge in [0.2, 0.25) is 5.91 Å². The highest BCUT2D eigenvalue weighted by atomic mass is 35.5. The molecule has 0 saturated carbocycles. The summed E-state index contributed by atoms with van der Waals surface area (Å²) in [5, 5.41) is 3.23. The van der Waals surface area contributed by atoms with Crippen molar-refractivity contribution in [3.63, 3.8) is 0 Å². The first-order valence-corrected chi connectivity index (χ1v) is 9.55. The molecule has 138 valence electrons. The molecular formula is C18H11Cl3N2O3S. The molecule has 27 heavy (non-hydrogen) atoms. The fourth-order valence-electron chi connectivity index (χ4n) is 2.29. The van der Waals surface area contributed by atoms with E-state index in [0.717, 1.165) is 16.7 Å². The van der Waals surface area contributed by atoms with E-state index in [0.29, 0.717) is 21.3 Å². The Hall–Kier alpha value is -1.99. The molecule has 1 heterocycles. The van der Waals surface area contributed by atoms with E-state index in [1.807, 2.05) is 0 Å². The Morgan fingerprint density at radius 1 is 1.07 bits per heavy atom. The summed E-state index contributed by atoms with van der Waals surface area (Å²) in [6, 6.07) is 11.5. The number of hydrogen-bond acceptors (Lipinski definition) is 4. The van der Waals surface area contributed by atoms with Gasteiger partial charge in [-0.05, 0) is 53.7 Å². The molecule has 0 aromatic heterocycles. The van der Waals surface area contributed by atoms with Gasteiger partial charge in [0.1, 0.15) is 6.54 Å². The van der Waals surface area contributed by atoms with Crippen molar-refractivity contribution in [3.8, 4) is 0 Å². The molecule has 0 bridgehead atoms. The topological polar surface area (TPSA) is 66.5 Å². The van der Waals surface area contributed by atoms with Gasteiger partial charge in [0, 0.05) is 10.7 Å². The summed E-state index contributed by atoms with van der Waals surface area (Å²) in [7, 11) is 0. The highest BCUT2D eigenvalue weighted by Gasteiger charge is 2.36. The number of anilines is 1. The summed E-state index contributed by atoms with van der Waals surface area (Å²) < 4.78 is 0. The number of hydrogen-bond donors (Lipinski definition) is 1. The summed E-state index contributed by atoms with van der Waals surface area (Å²) in [6.45, 7) is -0.395. The second kappa shape index (κ2) is 8.35. The Morgan fingerprint density at radius 3 is 2.48 bits per heavy atom. The van der Waals surface area contributed by atoms with Crippen molar-refractivity contribution in [2.24, 2.45) is 0 Å². The van der Waals surface area contributed by atoms with E-state index in [-0.39, 0.29) is 9.93 Å². The highest BCUT2D eigenvalue weighted by molar-refractivity contribution is 8.18. The molecule has 0 aliphatic carbocycles. The number of amides is 3. The quantitative estimate of drug-likeness (QED) is 0.652. The smallest absolute Gasteiger partial charge is 0.294 e. The molecular weight excluding hydrogens is 431 g/mol. The molecule has 9 heteroatoms. The first-order chi connectivity index (χ1) is 12.8. The molecule has 0 atom stereocenters. The molecule has 0 radical (unpaired) electrons. The Labute approximate surface area is 174 Å². The molecule has 0 unspecified atom stereocenters. The summed E-state index contributed by atoms with van der Waals surface area (Å²) in [6.07, 6.45) is 1.48. The molecule has 1 saturated heterocycles. The van der Waals surface area contributed by atoms with Gasteiger partial charge in [-0.3, -0.25) is 19.3 Å². The van der Waals surface area contributed by atoms with Gasteiger partial charge in [-0.1, -0.05) is 46.9 Å². The van der Waals surface area contributed by atoms with Crippen LogP contribution in [0.4, 0.5) is 10.5 Å². The van der Waals surface area contributed by atoms with Crippen molar-refractivity contribution < 1.29 is 14.4 Å². The molecule has 0 spiro atoms. The fraction of sp³-hybridized carbons (Fsp3) is 0.0556. The fourth-order valence-corrected chi connectivity index (χ4v) is 3.60. The first-order valence-electron chi connectivity index (χ1n) is 7.60. The summed E-state index contributed by atoms with van der Waals surface area (Å²) in [5.41, 5.74) is 1.03. The third kappa shape index (κ3) is 4.65. The van der Waals surface area contributed by atoms with Gasteiger partial charge >= 0.3 is 0 Å². The lowest BCUT2D eigenvalue weighted by Gasteiger charge is -2.12. The summed E-state index contributed by atoms with van der Waals surface area (Å²) in [5.74, 6) is -1.06. The molecule has 1 fully saturated rings. The van der Waals surface area contributed by atoms with Crippen LogP contribution < -0.4 is 5.32 Å². The van der Waals surface area contributed by atoms with Crippen LogP contribution in [0.1, 0.15) is 5.56 Å². The third-order valence-corrected chi connectivity index (χ3v) is 5.56. The van der Waals surface area contributed by atoms with Crippen molar-refractivity contribution in [2.45, 2.75) is 0 Å². The predicted molar refractivity (Wildman–Crippen MR) is 109 cm³/mol. The van der Waals surface area contributed by atoms with Crippen molar-refractivity contribution in [1.29, 1.82) is 0 Å².